The number of hydrogen-bond donors (Lipinski definition) is 1. The van der Waals surface area contributed by atoms with Gasteiger partial charge >= 0.3 is 0 Å². The first-order valence-corrected chi connectivity index (χ1v) is 8.49. The second-order valence-electron chi connectivity index (χ2n) is 5.55. The molecule has 1 N–H and O–H groups in total. The van der Waals surface area contributed by atoms with Gasteiger partial charge in [-0.3, -0.25) is 9.69 Å². The summed E-state index contributed by atoms with van der Waals surface area (Å²) in [5, 5.41) is 4.24. The summed E-state index contributed by atoms with van der Waals surface area (Å²) in [6.07, 6.45) is 0.714. The van der Waals surface area contributed by atoms with E-state index in [-0.39, 0.29) is 5.91 Å². The fourth-order valence-corrected chi connectivity index (χ4v) is 3.09. The van der Waals surface area contributed by atoms with Crippen LogP contribution in [0.5, 0.6) is 0 Å². The molecule has 0 aliphatic carbocycles. The zero-order chi connectivity index (χ0) is 15.9. The molecule has 1 aliphatic heterocycles. The average molecular weight is 344 g/mol. The van der Waals surface area contributed by atoms with Gasteiger partial charge in [-0.15, -0.1) is 0 Å². The first-order chi connectivity index (χ1) is 10.6. The maximum Gasteiger partial charge on any atom is 0.234 e. The summed E-state index contributed by atoms with van der Waals surface area (Å²) in [6, 6.07) is 5.45. The lowest BCUT2D eigenvalue weighted by atomic mass is 10.1. The number of hydrogen-bond acceptors (Lipinski definition) is 3. The first kappa shape index (κ1) is 17.5. The van der Waals surface area contributed by atoms with Crippen molar-refractivity contribution in [2.24, 2.45) is 0 Å². The molecule has 0 bridgehead atoms. The van der Waals surface area contributed by atoms with Gasteiger partial charge in [0.25, 0.3) is 0 Å². The number of rotatable bonds is 6. The van der Waals surface area contributed by atoms with Crippen LogP contribution in [0, 0.1) is 0 Å². The van der Waals surface area contributed by atoms with Crippen LogP contribution in [-0.4, -0.2) is 61.5 Å². The second-order valence-corrected chi connectivity index (χ2v) is 6.39. The molecule has 122 valence electrons. The summed E-state index contributed by atoms with van der Waals surface area (Å²) in [7, 11) is 0. The summed E-state index contributed by atoms with van der Waals surface area (Å²) in [6.45, 7) is 8.34. The number of nitrogens with zero attached hydrogens (tertiary/aromatic N) is 2. The Hall–Kier alpha value is -0.810. The predicted octanol–water partition coefficient (Wildman–Crippen LogP) is 2.29. The molecule has 1 saturated heterocycles. The van der Waals surface area contributed by atoms with Crippen LogP contribution >= 0.6 is 23.2 Å². The van der Waals surface area contributed by atoms with Crippen LogP contribution in [-0.2, 0) is 11.2 Å². The normalized spacial score (nSPS) is 16.7. The van der Waals surface area contributed by atoms with E-state index in [1.165, 1.54) is 0 Å². The van der Waals surface area contributed by atoms with Crippen molar-refractivity contribution >= 4 is 29.1 Å². The van der Waals surface area contributed by atoms with Crippen LogP contribution < -0.4 is 5.32 Å². The van der Waals surface area contributed by atoms with Gasteiger partial charge in [-0.05, 0) is 30.7 Å². The third-order valence-corrected chi connectivity index (χ3v) is 4.60. The highest BCUT2D eigenvalue weighted by molar-refractivity contribution is 6.35. The molecule has 1 fully saturated rings. The molecule has 0 atom stereocenters. The number of carbonyl (C=O) groups excluding carboxylic acids is 1. The maximum atomic E-state index is 12.0. The van der Waals surface area contributed by atoms with E-state index in [1.54, 1.807) is 6.07 Å². The second kappa shape index (κ2) is 8.73. The lowest BCUT2D eigenvalue weighted by Gasteiger charge is -2.33. The fraction of sp³-hybridized carbons (Fsp3) is 0.562. The van der Waals surface area contributed by atoms with E-state index in [4.69, 9.17) is 23.2 Å². The molecule has 1 heterocycles. The van der Waals surface area contributed by atoms with E-state index in [9.17, 15) is 4.79 Å². The number of benzene rings is 1. The first-order valence-electron chi connectivity index (χ1n) is 7.74. The predicted molar refractivity (Wildman–Crippen MR) is 91.7 cm³/mol. The van der Waals surface area contributed by atoms with E-state index in [0.717, 1.165) is 38.3 Å². The van der Waals surface area contributed by atoms with Crippen molar-refractivity contribution in [3.63, 3.8) is 0 Å². The molecular formula is C16H23Cl2N3O. The molecule has 1 aromatic carbocycles. The molecule has 1 aromatic rings. The molecule has 0 spiro atoms. The maximum absolute atomic E-state index is 12.0. The largest absolute Gasteiger partial charge is 0.355 e. The monoisotopic (exact) mass is 343 g/mol. The van der Waals surface area contributed by atoms with Crippen LogP contribution in [0.3, 0.4) is 0 Å². The molecule has 6 heteroatoms. The summed E-state index contributed by atoms with van der Waals surface area (Å²) in [5.74, 6) is 0.0787. The van der Waals surface area contributed by atoms with Crippen molar-refractivity contribution in [2.75, 3.05) is 45.8 Å². The quantitative estimate of drug-likeness (QED) is 0.860. The molecular weight excluding hydrogens is 321 g/mol. The van der Waals surface area contributed by atoms with E-state index >= 15 is 0 Å². The Morgan fingerprint density at radius 2 is 1.86 bits per heavy atom. The van der Waals surface area contributed by atoms with Crippen LogP contribution in [0.15, 0.2) is 18.2 Å². The van der Waals surface area contributed by atoms with Gasteiger partial charge in [-0.2, -0.15) is 0 Å². The van der Waals surface area contributed by atoms with Gasteiger partial charge in [-0.1, -0.05) is 36.2 Å². The highest BCUT2D eigenvalue weighted by Gasteiger charge is 2.17. The molecule has 0 radical (unpaired) electrons. The third-order valence-electron chi connectivity index (χ3n) is 4.01. The Balaban J connectivity index is 1.67. The smallest absolute Gasteiger partial charge is 0.234 e. The van der Waals surface area contributed by atoms with Gasteiger partial charge < -0.3 is 10.2 Å². The number of likely N-dealkylation sites (N-methyl/N-ethyl adjacent to an activating group) is 1. The number of nitrogens with one attached hydrogen (secondary N) is 1. The van der Waals surface area contributed by atoms with Gasteiger partial charge in [0.15, 0.2) is 0 Å². The third kappa shape index (κ3) is 5.43. The molecule has 4 nitrogen and oxygen atoms in total. The summed E-state index contributed by atoms with van der Waals surface area (Å²) >= 11 is 12.0. The number of carbonyl (C=O) groups is 1. The summed E-state index contributed by atoms with van der Waals surface area (Å²) in [4.78, 5) is 16.6. The SMILES string of the molecule is CCN1CCN(CC(=O)NCCc2ccc(Cl)cc2Cl)CC1. The van der Waals surface area contributed by atoms with Crippen LogP contribution in [0.1, 0.15) is 12.5 Å². The van der Waals surface area contributed by atoms with Crippen molar-refractivity contribution in [3.05, 3.63) is 33.8 Å². The number of amides is 1. The van der Waals surface area contributed by atoms with E-state index in [1.807, 2.05) is 12.1 Å². The summed E-state index contributed by atoms with van der Waals surface area (Å²) < 4.78 is 0. The van der Waals surface area contributed by atoms with Crippen LogP contribution in [0.2, 0.25) is 10.0 Å². The Labute approximate surface area is 142 Å². The van der Waals surface area contributed by atoms with E-state index in [0.29, 0.717) is 29.6 Å². The van der Waals surface area contributed by atoms with Gasteiger partial charge in [0, 0.05) is 42.8 Å². The fourth-order valence-electron chi connectivity index (χ4n) is 2.58. The highest BCUT2D eigenvalue weighted by Crippen LogP contribution is 2.20. The van der Waals surface area contributed by atoms with Crippen molar-refractivity contribution < 1.29 is 4.79 Å². The Morgan fingerprint density at radius 1 is 1.18 bits per heavy atom. The van der Waals surface area contributed by atoms with Crippen molar-refractivity contribution in [3.8, 4) is 0 Å². The van der Waals surface area contributed by atoms with Gasteiger partial charge in [0.05, 0.1) is 6.54 Å². The topological polar surface area (TPSA) is 35.6 Å². The Kier molecular flexibility index (Phi) is 6.96. The minimum atomic E-state index is 0.0787. The van der Waals surface area contributed by atoms with Crippen LogP contribution in [0.25, 0.3) is 0 Å². The average Bonchev–Trinajstić information content (AvgIpc) is 2.50. The molecule has 0 saturated carbocycles. The lowest BCUT2D eigenvalue weighted by Crippen LogP contribution is -2.49. The zero-order valence-electron chi connectivity index (χ0n) is 12.9. The minimum absolute atomic E-state index is 0.0787. The van der Waals surface area contributed by atoms with Gasteiger partial charge in [0.2, 0.25) is 5.91 Å². The lowest BCUT2D eigenvalue weighted by molar-refractivity contribution is -0.122. The highest BCUT2D eigenvalue weighted by atomic mass is 35.5. The molecule has 0 aromatic heterocycles. The Bertz CT molecular complexity index is 502. The summed E-state index contributed by atoms with van der Waals surface area (Å²) in [5.41, 5.74) is 1.00. The minimum Gasteiger partial charge on any atom is -0.355 e. The standard InChI is InChI=1S/C16H23Cl2N3O/c1-2-20-7-9-21(10-8-20)12-16(22)19-6-5-13-3-4-14(17)11-15(13)18/h3-4,11H,2,5-10,12H2,1H3,(H,19,22). The van der Waals surface area contributed by atoms with Crippen molar-refractivity contribution in [1.82, 2.24) is 15.1 Å². The van der Waals surface area contributed by atoms with E-state index < -0.39 is 0 Å². The zero-order valence-corrected chi connectivity index (χ0v) is 14.5. The molecule has 2 rings (SSSR count). The number of halogens is 2. The van der Waals surface area contributed by atoms with E-state index in [2.05, 4.69) is 22.0 Å². The van der Waals surface area contributed by atoms with Crippen molar-refractivity contribution in [2.45, 2.75) is 13.3 Å². The molecule has 0 unspecified atom stereocenters. The Morgan fingerprint density at radius 3 is 2.50 bits per heavy atom. The van der Waals surface area contributed by atoms with Gasteiger partial charge in [0.1, 0.15) is 0 Å². The van der Waals surface area contributed by atoms with Gasteiger partial charge in [-0.25, -0.2) is 0 Å². The van der Waals surface area contributed by atoms with Crippen LogP contribution in [0.4, 0.5) is 0 Å². The molecule has 22 heavy (non-hydrogen) atoms. The number of piperazine rings is 1. The van der Waals surface area contributed by atoms with Crippen molar-refractivity contribution in [1.29, 1.82) is 0 Å². The molecule has 1 amide bonds. The molecule has 1 aliphatic rings.